The van der Waals surface area contributed by atoms with Crippen molar-refractivity contribution < 1.29 is 9.53 Å². The average molecular weight is 255 g/mol. The van der Waals surface area contributed by atoms with Crippen molar-refractivity contribution in [2.24, 2.45) is 5.10 Å². The van der Waals surface area contributed by atoms with Crippen molar-refractivity contribution in [3.8, 4) is 0 Å². The highest BCUT2D eigenvalue weighted by atomic mass is 35.5. The molecule has 0 aliphatic carbocycles. The Morgan fingerprint density at radius 1 is 1.47 bits per heavy atom. The van der Waals surface area contributed by atoms with Crippen LogP contribution in [0.3, 0.4) is 0 Å². The van der Waals surface area contributed by atoms with Crippen molar-refractivity contribution in [1.29, 1.82) is 0 Å². The van der Waals surface area contributed by atoms with E-state index in [1.165, 1.54) is 0 Å². The normalized spacial score (nSPS) is 11.2. The number of nitrogens with zero attached hydrogens (tertiary/aromatic N) is 1. The van der Waals surface area contributed by atoms with E-state index in [9.17, 15) is 4.79 Å². The van der Waals surface area contributed by atoms with Gasteiger partial charge >= 0.3 is 5.97 Å². The van der Waals surface area contributed by atoms with Crippen LogP contribution in [0.5, 0.6) is 0 Å². The van der Waals surface area contributed by atoms with Crippen LogP contribution in [-0.2, 0) is 9.53 Å². The summed E-state index contributed by atoms with van der Waals surface area (Å²) in [5.74, 6) is -0.632. The van der Waals surface area contributed by atoms with Crippen LogP contribution in [0.25, 0.3) is 0 Å². The minimum absolute atomic E-state index is 0.215. The zero-order chi connectivity index (χ0) is 12.8. The van der Waals surface area contributed by atoms with Crippen molar-refractivity contribution in [2.75, 3.05) is 12.0 Å². The second-order valence-electron chi connectivity index (χ2n) is 3.48. The Morgan fingerprint density at radius 3 is 2.82 bits per heavy atom. The number of hydrogen-bond acceptors (Lipinski definition) is 4. The molecular formula is C12H15ClN2O2. The van der Waals surface area contributed by atoms with Crippen LogP contribution >= 0.6 is 11.6 Å². The maximum Gasteiger partial charge on any atom is 0.370 e. The van der Waals surface area contributed by atoms with Crippen LogP contribution in [0.15, 0.2) is 23.3 Å². The molecule has 1 rings (SSSR count). The number of halogens is 1. The zero-order valence-corrected chi connectivity index (χ0v) is 10.8. The van der Waals surface area contributed by atoms with E-state index in [0.29, 0.717) is 0 Å². The van der Waals surface area contributed by atoms with Gasteiger partial charge in [-0.3, -0.25) is 5.43 Å². The van der Waals surface area contributed by atoms with Crippen LogP contribution in [0.4, 0.5) is 5.69 Å². The molecule has 1 N–H and O–H groups in total. The number of anilines is 1. The van der Waals surface area contributed by atoms with Crippen molar-refractivity contribution in [2.45, 2.75) is 20.8 Å². The molecule has 0 atom stereocenters. The van der Waals surface area contributed by atoms with Crippen molar-refractivity contribution in [1.82, 2.24) is 0 Å². The number of esters is 1. The SMILES string of the molecule is CCOC(=O)/C(Cl)=N/Nc1cccc(C)c1C. The largest absolute Gasteiger partial charge is 0.461 e. The molecule has 0 fully saturated rings. The minimum Gasteiger partial charge on any atom is -0.461 e. The standard InChI is InChI=1S/C12H15ClN2O2/c1-4-17-12(16)11(13)15-14-10-7-5-6-8(2)9(10)3/h5-7,14H,4H2,1-3H3/b15-11-. The number of carbonyl (C=O) groups is 1. The average Bonchev–Trinajstić information content (AvgIpc) is 2.31. The maximum atomic E-state index is 11.2. The van der Waals surface area contributed by atoms with E-state index >= 15 is 0 Å². The third-order valence-electron chi connectivity index (χ3n) is 2.32. The summed E-state index contributed by atoms with van der Waals surface area (Å²) in [4.78, 5) is 11.2. The fraction of sp³-hybridized carbons (Fsp3) is 0.333. The molecule has 0 bridgehead atoms. The Labute approximate surface area is 106 Å². The van der Waals surface area contributed by atoms with Crippen LogP contribution in [0.1, 0.15) is 18.1 Å². The van der Waals surface area contributed by atoms with Gasteiger partial charge in [-0.15, -0.1) is 0 Å². The van der Waals surface area contributed by atoms with E-state index in [-0.39, 0.29) is 11.8 Å². The molecule has 0 radical (unpaired) electrons. The number of hydrogen-bond donors (Lipinski definition) is 1. The molecule has 0 aliphatic heterocycles. The second kappa shape index (κ2) is 6.25. The first kappa shape index (κ1) is 13.5. The first-order valence-electron chi connectivity index (χ1n) is 5.28. The molecule has 0 spiro atoms. The van der Waals surface area contributed by atoms with Gasteiger partial charge in [0.2, 0.25) is 5.17 Å². The summed E-state index contributed by atoms with van der Waals surface area (Å²) < 4.78 is 4.70. The maximum absolute atomic E-state index is 11.2. The predicted octanol–water partition coefficient (Wildman–Crippen LogP) is 2.83. The Bertz CT molecular complexity index is 444. The van der Waals surface area contributed by atoms with Gasteiger partial charge in [0.25, 0.3) is 0 Å². The fourth-order valence-corrected chi connectivity index (χ4v) is 1.31. The summed E-state index contributed by atoms with van der Waals surface area (Å²) >= 11 is 5.67. The summed E-state index contributed by atoms with van der Waals surface area (Å²) in [5, 5.41) is 3.56. The van der Waals surface area contributed by atoms with Gasteiger partial charge in [0.1, 0.15) is 0 Å². The quantitative estimate of drug-likeness (QED) is 0.511. The van der Waals surface area contributed by atoms with E-state index in [1.54, 1.807) is 6.92 Å². The molecule has 1 aromatic rings. The Hall–Kier alpha value is -1.55. The predicted molar refractivity (Wildman–Crippen MR) is 69.5 cm³/mol. The van der Waals surface area contributed by atoms with Gasteiger partial charge in [-0.05, 0) is 38.0 Å². The van der Waals surface area contributed by atoms with Gasteiger partial charge in [0.15, 0.2) is 0 Å². The van der Waals surface area contributed by atoms with Gasteiger partial charge in [-0.2, -0.15) is 5.10 Å². The molecule has 0 amide bonds. The topological polar surface area (TPSA) is 50.7 Å². The molecule has 0 aromatic heterocycles. The molecule has 92 valence electrons. The first-order chi connectivity index (χ1) is 8.06. The number of benzene rings is 1. The fourth-order valence-electron chi connectivity index (χ4n) is 1.22. The number of ether oxygens (including phenoxy) is 1. The Kier molecular flexibility index (Phi) is 4.97. The number of nitrogens with one attached hydrogen (secondary N) is 1. The summed E-state index contributed by atoms with van der Waals surface area (Å²) in [6, 6.07) is 5.76. The smallest absolute Gasteiger partial charge is 0.370 e. The molecule has 0 saturated heterocycles. The van der Waals surface area contributed by atoms with Crippen molar-refractivity contribution in [3.05, 3.63) is 29.3 Å². The summed E-state index contributed by atoms with van der Waals surface area (Å²) in [6.07, 6.45) is 0. The lowest BCUT2D eigenvalue weighted by Gasteiger charge is -2.07. The number of hydrazone groups is 1. The molecular weight excluding hydrogens is 240 g/mol. The van der Waals surface area contributed by atoms with E-state index in [2.05, 4.69) is 10.5 Å². The number of carbonyl (C=O) groups excluding carboxylic acids is 1. The lowest BCUT2D eigenvalue weighted by atomic mass is 10.1. The molecule has 4 nitrogen and oxygen atoms in total. The van der Waals surface area contributed by atoms with E-state index < -0.39 is 5.97 Å². The van der Waals surface area contributed by atoms with Crippen LogP contribution in [-0.4, -0.2) is 17.7 Å². The van der Waals surface area contributed by atoms with Gasteiger partial charge in [-0.25, -0.2) is 4.79 Å². The third kappa shape index (κ3) is 3.75. The summed E-state index contributed by atoms with van der Waals surface area (Å²) in [6.45, 7) is 5.94. The first-order valence-corrected chi connectivity index (χ1v) is 5.66. The van der Waals surface area contributed by atoms with E-state index in [4.69, 9.17) is 16.3 Å². The Balaban J connectivity index is 2.75. The van der Waals surface area contributed by atoms with Gasteiger partial charge < -0.3 is 4.74 Å². The van der Waals surface area contributed by atoms with Crippen molar-refractivity contribution in [3.63, 3.8) is 0 Å². The summed E-state index contributed by atoms with van der Waals surface area (Å²) in [7, 11) is 0. The molecule has 0 heterocycles. The molecule has 5 heteroatoms. The van der Waals surface area contributed by atoms with Gasteiger partial charge in [-0.1, -0.05) is 23.7 Å². The van der Waals surface area contributed by atoms with Crippen molar-refractivity contribution >= 4 is 28.4 Å². The monoisotopic (exact) mass is 254 g/mol. The minimum atomic E-state index is -0.632. The van der Waals surface area contributed by atoms with E-state index in [0.717, 1.165) is 16.8 Å². The highest BCUT2D eigenvalue weighted by Gasteiger charge is 2.09. The van der Waals surface area contributed by atoms with E-state index in [1.807, 2.05) is 32.0 Å². The number of rotatable bonds is 4. The zero-order valence-electron chi connectivity index (χ0n) is 10.1. The van der Waals surface area contributed by atoms with Crippen LogP contribution in [0.2, 0.25) is 0 Å². The van der Waals surface area contributed by atoms with Gasteiger partial charge in [0.05, 0.1) is 12.3 Å². The lowest BCUT2D eigenvalue weighted by Crippen LogP contribution is -2.13. The third-order valence-corrected chi connectivity index (χ3v) is 2.56. The number of aryl methyl sites for hydroxylation is 1. The highest BCUT2D eigenvalue weighted by Crippen LogP contribution is 2.17. The highest BCUT2D eigenvalue weighted by molar-refractivity contribution is 6.82. The molecule has 0 saturated carbocycles. The molecule has 0 unspecified atom stereocenters. The summed E-state index contributed by atoms with van der Waals surface area (Å²) in [5.41, 5.74) is 5.76. The molecule has 1 aromatic carbocycles. The Morgan fingerprint density at radius 2 is 2.18 bits per heavy atom. The molecule has 0 aliphatic rings. The lowest BCUT2D eigenvalue weighted by molar-refractivity contribution is -0.134. The van der Waals surface area contributed by atoms with Crippen LogP contribution in [0, 0.1) is 13.8 Å². The van der Waals surface area contributed by atoms with Crippen LogP contribution < -0.4 is 5.43 Å². The molecule has 17 heavy (non-hydrogen) atoms. The second-order valence-corrected chi connectivity index (χ2v) is 3.84. The van der Waals surface area contributed by atoms with Gasteiger partial charge in [0, 0.05) is 0 Å².